The summed E-state index contributed by atoms with van der Waals surface area (Å²) in [4.78, 5) is 0. The first-order chi connectivity index (χ1) is 10.9. The van der Waals surface area contributed by atoms with E-state index < -0.39 is 30.5 Å². The minimum atomic E-state index is -6.08. The van der Waals surface area contributed by atoms with Crippen LogP contribution in [0, 0.1) is 0 Å². The van der Waals surface area contributed by atoms with Gasteiger partial charge in [-0.3, -0.25) is 0 Å². The second-order valence-corrected chi connectivity index (χ2v) is 5.70. The van der Waals surface area contributed by atoms with Gasteiger partial charge in [-0.2, -0.15) is 26.3 Å². The van der Waals surface area contributed by atoms with Gasteiger partial charge in [0.05, 0.1) is 6.10 Å². The van der Waals surface area contributed by atoms with Crippen molar-refractivity contribution in [3.8, 4) is 0 Å². The van der Waals surface area contributed by atoms with E-state index in [1.807, 2.05) is 13.8 Å². The van der Waals surface area contributed by atoms with E-state index in [4.69, 9.17) is 4.74 Å². The Bertz CT molecular complexity index is 505. The fourth-order valence-corrected chi connectivity index (χ4v) is 2.26. The second kappa shape index (κ2) is 7.29. The Hall–Kier alpha value is -1.31. The van der Waals surface area contributed by atoms with Crippen molar-refractivity contribution in [3.63, 3.8) is 0 Å². The van der Waals surface area contributed by atoms with Crippen molar-refractivity contribution in [1.82, 2.24) is 0 Å². The number of hydrogen-bond donors (Lipinski definition) is 0. The molecule has 0 amide bonds. The molecule has 2 atom stereocenters. The molecule has 0 spiro atoms. The second-order valence-electron chi connectivity index (χ2n) is 5.70. The molecule has 0 aliphatic heterocycles. The van der Waals surface area contributed by atoms with E-state index in [1.165, 1.54) is 12.1 Å². The zero-order valence-electron chi connectivity index (χ0n) is 13.4. The number of rotatable bonds is 6. The molecule has 0 radical (unpaired) electrons. The molecule has 1 aromatic carbocycles. The van der Waals surface area contributed by atoms with Crippen LogP contribution in [0.1, 0.15) is 49.8 Å². The summed E-state index contributed by atoms with van der Waals surface area (Å²) >= 11 is 0. The topological polar surface area (TPSA) is 9.23 Å². The van der Waals surface area contributed by atoms with Crippen molar-refractivity contribution in [1.29, 1.82) is 0 Å². The molecule has 1 rings (SSSR count). The molecule has 0 saturated carbocycles. The van der Waals surface area contributed by atoms with Gasteiger partial charge in [0.2, 0.25) is 0 Å². The molecule has 1 aromatic rings. The standard InChI is InChI=1S/C16H19F7O/c1-4-10(2)11-5-7-12(8-6-11)13(24-3)9-14(17,15(18,19)20)16(21,22)23/h5-8,10,13H,4,9H2,1-3H3. The minimum absolute atomic E-state index is 0.0556. The maximum absolute atomic E-state index is 13.9. The van der Waals surface area contributed by atoms with Crippen LogP contribution >= 0.6 is 0 Å². The molecular weight excluding hydrogens is 341 g/mol. The van der Waals surface area contributed by atoms with Crippen LogP contribution in [0.25, 0.3) is 0 Å². The average molecular weight is 360 g/mol. The summed E-state index contributed by atoms with van der Waals surface area (Å²) in [6.45, 7) is 3.88. The quantitative estimate of drug-likeness (QED) is 0.556. The van der Waals surface area contributed by atoms with Crippen LogP contribution in [-0.2, 0) is 4.74 Å². The average Bonchev–Trinajstić information content (AvgIpc) is 2.49. The number of benzene rings is 1. The van der Waals surface area contributed by atoms with E-state index in [9.17, 15) is 30.7 Å². The van der Waals surface area contributed by atoms with Gasteiger partial charge in [-0.15, -0.1) is 0 Å². The number of ether oxygens (including phenoxy) is 1. The molecule has 0 aromatic heterocycles. The van der Waals surface area contributed by atoms with E-state index in [-0.39, 0.29) is 11.5 Å². The lowest BCUT2D eigenvalue weighted by Crippen LogP contribution is -2.54. The first-order valence-electron chi connectivity index (χ1n) is 7.32. The van der Waals surface area contributed by atoms with E-state index >= 15 is 0 Å². The highest BCUT2D eigenvalue weighted by Crippen LogP contribution is 2.51. The number of hydrogen-bond acceptors (Lipinski definition) is 1. The highest BCUT2D eigenvalue weighted by molar-refractivity contribution is 5.27. The van der Waals surface area contributed by atoms with Crippen LogP contribution in [0.15, 0.2) is 24.3 Å². The molecule has 0 fully saturated rings. The summed E-state index contributed by atoms with van der Waals surface area (Å²) in [5, 5.41) is 0. The normalized spacial score (nSPS) is 16.1. The molecule has 0 heterocycles. The van der Waals surface area contributed by atoms with E-state index in [0.717, 1.165) is 19.1 Å². The third-order valence-corrected chi connectivity index (χ3v) is 4.14. The summed E-state index contributed by atoms with van der Waals surface area (Å²) in [6, 6.07) is 5.92. The highest BCUT2D eigenvalue weighted by Gasteiger charge is 2.72. The third kappa shape index (κ3) is 4.20. The van der Waals surface area contributed by atoms with Crippen molar-refractivity contribution < 1.29 is 35.5 Å². The lowest BCUT2D eigenvalue weighted by atomic mass is 9.91. The van der Waals surface area contributed by atoms with Crippen molar-refractivity contribution in [2.24, 2.45) is 0 Å². The molecule has 0 bridgehead atoms. The van der Waals surface area contributed by atoms with Gasteiger partial charge >= 0.3 is 18.0 Å². The van der Waals surface area contributed by atoms with Crippen molar-refractivity contribution >= 4 is 0 Å². The Kier molecular flexibility index (Phi) is 6.30. The Morgan fingerprint density at radius 3 is 1.62 bits per heavy atom. The van der Waals surface area contributed by atoms with Crippen LogP contribution in [-0.4, -0.2) is 25.1 Å². The van der Waals surface area contributed by atoms with Gasteiger partial charge in [-0.25, -0.2) is 4.39 Å². The van der Waals surface area contributed by atoms with Crippen molar-refractivity contribution in [2.45, 2.75) is 56.7 Å². The predicted octanol–water partition coefficient (Wildman–Crippen LogP) is 6.11. The summed E-state index contributed by atoms with van der Waals surface area (Å²) < 4.78 is 94.6. The Morgan fingerprint density at radius 2 is 1.29 bits per heavy atom. The number of halogens is 7. The van der Waals surface area contributed by atoms with Gasteiger partial charge in [-0.1, -0.05) is 38.1 Å². The predicted molar refractivity (Wildman–Crippen MR) is 75.5 cm³/mol. The van der Waals surface area contributed by atoms with E-state index in [0.29, 0.717) is 0 Å². The van der Waals surface area contributed by atoms with Crippen molar-refractivity contribution in [3.05, 3.63) is 35.4 Å². The first-order valence-corrected chi connectivity index (χ1v) is 7.32. The monoisotopic (exact) mass is 360 g/mol. The smallest absolute Gasteiger partial charge is 0.377 e. The molecule has 138 valence electrons. The fourth-order valence-electron chi connectivity index (χ4n) is 2.26. The van der Waals surface area contributed by atoms with Gasteiger partial charge in [0.15, 0.2) is 0 Å². The molecule has 8 heteroatoms. The third-order valence-electron chi connectivity index (χ3n) is 4.14. The van der Waals surface area contributed by atoms with Crippen LogP contribution in [0.5, 0.6) is 0 Å². The van der Waals surface area contributed by atoms with Gasteiger partial charge in [0, 0.05) is 13.5 Å². The maximum atomic E-state index is 13.9. The van der Waals surface area contributed by atoms with Gasteiger partial charge in [0.25, 0.3) is 0 Å². The molecule has 0 aliphatic rings. The molecule has 0 N–H and O–H groups in total. The highest BCUT2D eigenvalue weighted by atomic mass is 19.4. The summed E-state index contributed by atoms with van der Waals surface area (Å²) in [6.07, 6.45) is -14.9. The Balaban J connectivity index is 3.13. The Morgan fingerprint density at radius 1 is 0.875 bits per heavy atom. The molecule has 0 aliphatic carbocycles. The first kappa shape index (κ1) is 20.7. The zero-order valence-corrected chi connectivity index (χ0v) is 13.4. The van der Waals surface area contributed by atoms with Gasteiger partial charge in [-0.05, 0) is 23.5 Å². The number of alkyl halides is 7. The molecule has 1 nitrogen and oxygen atoms in total. The van der Waals surface area contributed by atoms with E-state index in [2.05, 4.69) is 0 Å². The largest absolute Gasteiger partial charge is 0.431 e. The van der Waals surface area contributed by atoms with Crippen LogP contribution in [0.2, 0.25) is 0 Å². The molecule has 0 saturated heterocycles. The maximum Gasteiger partial charge on any atom is 0.431 e. The lowest BCUT2D eigenvalue weighted by Gasteiger charge is -2.32. The number of methoxy groups -OCH3 is 1. The van der Waals surface area contributed by atoms with Gasteiger partial charge < -0.3 is 4.74 Å². The summed E-state index contributed by atoms with van der Waals surface area (Å²) in [7, 11) is 0.945. The molecule has 2 unspecified atom stereocenters. The van der Waals surface area contributed by atoms with Crippen LogP contribution < -0.4 is 0 Å². The van der Waals surface area contributed by atoms with Crippen LogP contribution in [0.4, 0.5) is 30.7 Å². The fraction of sp³-hybridized carbons (Fsp3) is 0.625. The van der Waals surface area contributed by atoms with Crippen molar-refractivity contribution in [2.75, 3.05) is 7.11 Å². The summed E-state index contributed by atoms with van der Waals surface area (Å²) in [5.74, 6) is 0.186. The van der Waals surface area contributed by atoms with Gasteiger partial charge in [0.1, 0.15) is 0 Å². The minimum Gasteiger partial charge on any atom is -0.377 e. The summed E-state index contributed by atoms with van der Waals surface area (Å²) in [5.41, 5.74) is -4.40. The Labute approximate surface area is 135 Å². The molecular formula is C16H19F7O. The molecule has 24 heavy (non-hydrogen) atoms. The zero-order chi connectivity index (χ0) is 18.8. The SMILES string of the molecule is CCC(C)c1ccc(C(CC(F)(C(F)(F)F)C(F)(F)F)OC)cc1. The lowest BCUT2D eigenvalue weighted by molar-refractivity contribution is -0.348. The van der Waals surface area contributed by atoms with E-state index in [1.54, 1.807) is 12.1 Å². The van der Waals surface area contributed by atoms with Crippen LogP contribution in [0.3, 0.4) is 0 Å².